The van der Waals surface area contributed by atoms with Crippen LogP contribution in [0.1, 0.15) is 63.2 Å². The molecule has 142 valence electrons. The van der Waals surface area contributed by atoms with E-state index >= 15 is 0 Å². The Kier molecular flexibility index (Phi) is 5.05. The number of hydrogen-bond acceptors (Lipinski definition) is 4. The molecule has 3 aromatic rings. The topological polar surface area (TPSA) is 61.4 Å². The van der Waals surface area contributed by atoms with E-state index in [0.29, 0.717) is 18.3 Å². The van der Waals surface area contributed by atoms with Crippen molar-refractivity contribution in [3.8, 4) is 11.5 Å². The van der Waals surface area contributed by atoms with Gasteiger partial charge in [0.05, 0.1) is 0 Å². The van der Waals surface area contributed by atoms with Gasteiger partial charge in [0.25, 0.3) is 0 Å². The predicted octanol–water partition coefficient (Wildman–Crippen LogP) is 4.07. The van der Waals surface area contributed by atoms with E-state index in [2.05, 4.69) is 42.6 Å². The number of rotatable bonds is 6. The molecule has 0 aromatic carbocycles. The second-order valence-electron chi connectivity index (χ2n) is 8.02. The lowest BCUT2D eigenvalue weighted by atomic mass is 10.0. The van der Waals surface area contributed by atoms with E-state index < -0.39 is 0 Å². The van der Waals surface area contributed by atoms with Gasteiger partial charge >= 0.3 is 0 Å². The maximum absolute atomic E-state index is 4.94. The zero-order valence-corrected chi connectivity index (χ0v) is 16.5. The Morgan fingerprint density at radius 1 is 1.26 bits per heavy atom. The van der Waals surface area contributed by atoms with Crippen molar-refractivity contribution in [2.24, 2.45) is 5.92 Å². The molecule has 0 radical (unpaired) electrons. The van der Waals surface area contributed by atoms with Crippen LogP contribution in [0.25, 0.3) is 11.5 Å². The standard InChI is InChI=1S/C21H28N6/c1-15(2)8-11-27-21(18-14-26-10-5-6-16(3)20(26)23-18)24-19(25-27)12-17-7-4-9-22-13-17/h4,7,9,13-16H,5-6,8,10-12H2,1-3H3. The number of aryl methyl sites for hydroxylation is 2. The Balaban J connectivity index is 1.67. The molecule has 0 bridgehead atoms. The summed E-state index contributed by atoms with van der Waals surface area (Å²) in [6, 6.07) is 4.02. The lowest BCUT2D eigenvalue weighted by Crippen LogP contribution is -2.12. The van der Waals surface area contributed by atoms with E-state index in [4.69, 9.17) is 15.1 Å². The van der Waals surface area contributed by atoms with Gasteiger partial charge in [0, 0.05) is 44.0 Å². The first-order chi connectivity index (χ1) is 13.1. The summed E-state index contributed by atoms with van der Waals surface area (Å²) in [5, 5.41) is 4.81. The molecule has 0 spiro atoms. The minimum atomic E-state index is 0.509. The molecule has 27 heavy (non-hydrogen) atoms. The molecular formula is C21H28N6. The molecule has 3 aromatic heterocycles. The third-order valence-corrected chi connectivity index (χ3v) is 5.23. The van der Waals surface area contributed by atoms with Crippen LogP contribution in [0.2, 0.25) is 0 Å². The SMILES string of the molecule is CC(C)CCn1nc(Cc2cccnc2)nc1-c1cn2c(n1)C(C)CCC2. The van der Waals surface area contributed by atoms with E-state index in [-0.39, 0.29) is 0 Å². The van der Waals surface area contributed by atoms with Crippen LogP contribution < -0.4 is 0 Å². The van der Waals surface area contributed by atoms with Gasteiger partial charge in [0.15, 0.2) is 11.6 Å². The lowest BCUT2D eigenvalue weighted by molar-refractivity contribution is 0.463. The van der Waals surface area contributed by atoms with Gasteiger partial charge in [-0.2, -0.15) is 5.10 Å². The van der Waals surface area contributed by atoms with Crippen molar-refractivity contribution in [1.29, 1.82) is 0 Å². The van der Waals surface area contributed by atoms with Crippen LogP contribution >= 0.6 is 0 Å². The van der Waals surface area contributed by atoms with Crippen LogP contribution in [0.15, 0.2) is 30.7 Å². The Bertz CT molecular complexity index is 893. The monoisotopic (exact) mass is 364 g/mol. The normalized spacial score (nSPS) is 16.7. The predicted molar refractivity (Wildman–Crippen MR) is 105 cm³/mol. The molecular weight excluding hydrogens is 336 g/mol. The van der Waals surface area contributed by atoms with Crippen molar-refractivity contribution in [1.82, 2.24) is 29.3 Å². The third kappa shape index (κ3) is 3.94. The Morgan fingerprint density at radius 3 is 2.89 bits per heavy atom. The molecule has 1 unspecified atom stereocenters. The van der Waals surface area contributed by atoms with Gasteiger partial charge < -0.3 is 4.57 Å². The fraction of sp³-hybridized carbons (Fsp3) is 0.524. The van der Waals surface area contributed by atoms with Gasteiger partial charge in [-0.3, -0.25) is 4.98 Å². The van der Waals surface area contributed by atoms with Gasteiger partial charge in [-0.1, -0.05) is 26.8 Å². The first kappa shape index (κ1) is 17.9. The van der Waals surface area contributed by atoms with E-state index in [1.807, 2.05) is 16.9 Å². The zero-order valence-electron chi connectivity index (χ0n) is 16.5. The van der Waals surface area contributed by atoms with Gasteiger partial charge in [0.1, 0.15) is 11.5 Å². The number of hydrogen-bond donors (Lipinski definition) is 0. The third-order valence-electron chi connectivity index (χ3n) is 5.23. The Morgan fingerprint density at radius 2 is 2.15 bits per heavy atom. The molecule has 0 N–H and O–H groups in total. The van der Waals surface area contributed by atoms with Gasteiger partial charge in [-0.15, -0.1) is 0 Å². The Hall–Kier alpha value is -2.50. The highest BCUT2D eigenvalue weighted by molar-refractivity contribution is 5.49. The summed E-state index contributed by atoms with van der Waals surface area (Å²) in [6.45, 7) is 8.66. The van der Waals surface area contributed by atoms with E-state index in [0.717, 1.165) is 42.4 Å². The van der Waals surface area contributed by atoms with Crippen molar-refractivity contribution in [2.45, 2.75) is 65.5 Å². The number of imidazole rings is 1. The quantitative estimate of drug-likeness (QED) is 0.661. The highest BCUT2D eigenvalue weighted by atomic mass is 15.4. The molecule has 0 aliphatic carbocycles. The van der Waals surface area contributed by atoms with Crippen LogP contribution in [-0.2, 0) is 19.5 Å². The van der Waals surface area contributed by atoms with Gasteiger partial charge in [0.2, 0.25) is 0 Å². The first-order valence-corrected chi connectivity index (χ1v) is 10.00. The van der Waals surface area contributed by atoms with Crippen LogP contribution in [0.4, 0.5) is 0 Å². The van der Waals surface area contributed by atoms with Crippen LogP contribution in [0.5, 0.6) is 0 Å². The molecule has 4 rings (SSSR count). The van der Waals surface area contributed by atoms with Crippen molar-refractivity contribution in [3.63, 3.8) is 0 Å². The molecule has 1 aliphatic rings. The maximum Gasteiger partial charge on any atom is 0.178 e. The van der Waals surface area contributed by atoms with Crippen LogP contribution in [0.3, 0.4) is 0 Å². The van der Waals surface area contributed by atoms with Crippen molar-refractivity contribution in [3.05, 3.63) is 47.9 Å². The lowest BCUT2D eigenvalue weighted by Gasteiger charge is -2.19. The number of nitrogens with zero attached hydrogens (tertiary/aromatic N) is 6. The summed E-state index contributed by atoms with van der Waals surface area (Å²) >= 11 is 0. The average molecular weight is 364 g/mol. The van der Waals surface area contributed by atoms with E-state index in [1.54, 1.807) is 6.20 Å². The summed E-state index contributed by atoms with van der Waals surface area (Å²) in [7, 11) is 0. The molecule has 0 saturated carbocycles. The van der Waals surface area contributed by atoms with Crippen molar-refractivity contribution >= 4 is 0 Å². The largest absolute Gasteiger partial charge is 0.334 e. The smallest absolute Gasteiger partial charge is 0.178 e. The summed E-state index contributed by atoms with van der Waals surface area (Å²) in [6.07, 6.45) is 10.0. The molecule has 0 fully saturated rings. The van der Waals surface area contributed by atoms with Crippen LogP contribution in [-0.4, -0.2) is 29.3 Å². The summed E-state index contributed by atoms with van der Waals surface area (Å²) in [5.74, 6) is 4.04. The highest BCUT2D eigenvalue weighted by Gasteiger charge is 2.22. The molecule has 0 saturated heterocycles. The first-order valence-electron chi connectivity index (χ1n) is 10.00. The van der Waals surface area contributed by atoms with Crippen LogP contribution in [0, 0.1) is 5.92 Å². The highest BCUT2D eigenvalue weighted by Crippen LogP contribution is 2.29. The molecule has 6 nitrogen and oxygen atoms in total. The summed E-state index contributed by atoms with van der Waals surface area (Å²) < 4.78 is 4.34. The molecule has 4 heterocycles. The fourth-order valence-electron chi connectivity index (χ4n) is 3.68. The van der Waals surface area contributed by atoms with Gasteiger partial charge in [-0.25, -0.2) is 14.6 Å². The average Bonchev–Trinajstić information content (AvgIpc) is 3.25. The molecule has 1 aliphatic heterocycles. The molecule has 1 atom stereocenters. The van der Waals surface area contributed by atoms with Gasteiger partial charge in [-0.05, 0) is 36.8 Å². The number of fused-ring (bicyclic) bond motifs is 1. The van der Waals surface area contributed by atoms with E-state index in [9.17, 15) is 0 Å². The second kappa shape index (κ2) is 7.62. The van der Waals surface area contributed by atoms with Crippen molar-refractivity contribution in [2.75, 3.05) is 0 Å². The minimum Gasteiger partial charge on any atom is -0.334 e. The molecule has 6 heteroatoms. The summed E-state index contributed by atoms with van der Waals surface area (Å²) in [4.78, 5) is 14.0. The fourth-order valence-corrected chi connectivity index (χ4v) is 3.68. The second-order valence-corrected chi connectivity index (χ2v) is 8.02. The van der Waals surface area contributed by atoms with Crippen molar-refractivity contribution < 1.29 is 0 Å². The summed E-state index contributed by atoms with van der Waals surface area (Å²) in [5.41, 5.74) is 2.08. The Labute approximate surface area is 160 Å². The maximum atomic E-state index is 4.94. The zero-order chi connectivity index (χ0) is 18.8. The number of aromatic nitrogens is 6. The molecule has 0 amide bonds. The minimum absolute atomic E-state index is 0.509. The van der Waals surface area contributed by atoms with E-state index in [1.165, 1.54) is 18.7 Å². The number of pyridine rings is 1.